The van der Waals surface area contributed by atoms with Crippen molar-refractivity contribution in [3.63, 3.8) is 0 Å². The molecule has 90 valence electrons. The van der Waals surface area contributed by atoms with Gasteiger partial charge in [0.15, 0.2) is 0 Å². The fraction of sp³-hybridized carbons (Fsp3) is 0.400. The van der Waals surface area contributed by atoms with E-state index in [4.69, 9.17) is 4.74 Å². The van der Waals surface area contributed by atoms with Gasteiger partial charge < -0.3 is 4.74 Å². The largest absolute Gasteiger partial charge is 0.383 e. The molecule has 16 heavy (non-hydrogen) atoms. The minimum atomic E-state index is -3.85. The maximum Gasteiger partial charge on any atom is 0.265 e. The van der Waals surface area contributed by atoms with E-state index in [-0.39, 0.29) is 11.5 Å². The van der Waals surface area contributed by atoms with Crippen LogP contribution in [0.3, 0.4) is 0 Å². The van der Waals surface area contributed by atoms with Crippen LogP contribution in [0.2, 0.25) is 0 Å². The van der Waals surface area contributed by atoms with Gasteiger partial charge in [-0.25, -0.2) is 8.42 Å². The minimum Gasteiger partial charge on any atom is -0.383 e. The molecule has 5 nitrogen and oxygen atoms in total. The SMILES string of the molecule is COCC(C)N(O)S(=O)(=O)c1ccccc1. The predicted molar refractivity (Wildman–Crippen MR) is 58.6 cm³/mol. The third-order valence-corrected chi connectivity index (χ3v) is 3.79. The summed E-state index contributed by atoms with van der Waals surface area (Å²) in [5.41, 5.74) is 0. The van der Waals surface area contributed by atoms with Gasteiger partial charge in [-0.2, -0.15) is 0 Å². The van der Waals surface area contributed by atoms with Crippen molar-refractivity contribution in [2.24, 2.45) is 0 Å². The fourth-order valence-electron chi connectivity index (χ4n) is 1.24. The Morgan fingerprint density at radius 2 is 1.94 bits per heavy atom. The maximum atomic E-state index is 11.9. The van der Waals surface area contributed by atoms with Gasteiger partial charge in [0.1, 0.15) is 0 Å². The smallest absolute Gasteiger partial charge is 0.265 e. The van der Waals surface area contributed by atoms with Crippen LogP contribution in [-0.2, 0) is 14.8 Å². The number of ether oxygens (including phenoxy) is 1. The van der Waals surface area contributed by atoms with Crippen molar-refractivity contribution in [1.29, 1.82) is 0 Å². The summed E-state index contributed by atoms with van der Waals surface area (Å²) in [6.07, 6.45) is 0. The molecule has 0 radical (unpaired) electrons. The second-order valence-corrected chi connectivity index (χ2v) is 5.19. The molecular formula is C10H15NO4S. The first-order chi connectivity index (χ1) is 7.50. The van der Waals surface area contributed by atoms with E-state index < -0.39 is 16.1 Å². The van der Waals surface area contributed by atoms with Gasteiger partial charge in [0.05, 0.1) is 17.5 Å². The molecule has 1 unspecified atom stereocenters. The number of hydrogen-bond acceptors (Lipinski definition) is 4. The van der Waals surface area contributed by atoms with Gasteiger partial charge in [0.25, 0.3) is 10.0 Å². The normalized spacial score (nSPS) is 14.0. The highest BCUT2D eigenvalue weighted by Crippen LogP contribution is 2.15. The summed E-state index contributed by atoms with van der Waals surface area (Å²) in [6.45, 7) is 1.69. The van der Waals surface area contributed by atoms with Crippen LogP contribution in [0.25, 0.3) is 0 Å². The van der Waals surface area contributed by atoms with Crippen LogP contribution >= 0.6 is 0 Å². The lowest BCUT2D eigenvalue weighted by Crippen LogP contribution is -2.38. The topological polar surface area (TPSA) is 66.8 Å². The Morgan fingerprint density at radius 3 is 2.44 bits per heavy atom. The van der Waals surface area contributed by atoms with E-state index in [0.29, 0.717) is 4.47 Å². The monoisotopic (exact) mass is 245 g/mol. The number of hydroxylamine groups is 1. The zero-order valence-corrected chi connectivity index (χ0v) is 10.0. The van der Waals surface area contributed by atoms with E-state index in [1.54, 1.807) is 25.1 Å². The summed E-state index contributed by atoms with van der Waals surface area (Å²) >= 11 is 0. The van der Waals surface area contributed by atoms with E-state index in [1.165, 1.54) is 19.2 Å². The first kappa shape index (κ1) is 13.1. The molecular weight excluding hydrogens is 230 g/mol. The Labute approximate surface area is 95.3 Å². The average molecular weight is 245 g/mol. The molecule has 0 aliphatic heterocycles. The molecule has 0 aromatic heterocycles. The molecule has 0 heterocycles. The number of sulfonamides is 1. The lowest BCUT2D eigenvalue weighted by Gasteiger charge is -2.21. The third-order valence-electron chi connectivity index (χ3n) is 2.07. The van der Waals surface area contributed by atoms with Gasteiger partial charge >= 0.3 is 0 Å². The Bertz CT molecular complexity index is 418. The molecule has 0 bridgehead atoms. The Hall–Kier alpha value is -0.950. The first-order valence-corrected chi connectivity index (χ1v) is 6.21. The number of rotatable bonds is 5. The summed E-state index contributed by atoms with van der Waals surface area (Å²) in [5, 5.41) is 9.60. The number of hydrogen-bond donors (Lipinski definition) is 1. The van der Waals surface area contributed by atoms with Gasteiger partial charge in [-0.15, -0.1) is 0 Å². The van der Waals surface area contributed by atoms with Crippen LogP contribution in [0.15, 0.2) is 35.2 Å². The molecule has 0 amide bonds. The van der Waals surface area contributed by atoms with E-state index in [9.17, 15) is 13.6 Å². The molecule has 1 atom stereocenters. The van der Waals surface area contributed by atoms with Gasteiger partial charge in [-0.1, -0.05) is 22.7 Å². The van der Waals surface area contributed by atoms with Crippen molar-refractivity contribution >= 4 is 10.0 Å². The van der Waals surface area contributed by atoms with E-state index >= 15 is 0 Å². The summed E-state index contributed by atoms with van der Waals surface area (Å²) in [7, 11) is -2.41. The van der Waals surface area contributed by atoms with Gasteiger partial charge in [0.2, 0.25) is 0 Å². The van der Waals surface area contributed by atoms with Crippen LogP contribution in [0.1, 0.15) is 6.92 Å². The fourth-order valence-corrected chi connectivity index (χ4v) is 2.49. The van der Waals surface area contributed by atoms with E-state index in [0.717, 1.165) is 0 Å². The lowest BCUT2D eigenvalue weighted by molar-refractivity contribution is -0.0514. The Balaban J connectivity index is 2.95. The van der Waals surface area contributed by atoms with Crippen molar-refractivity contribution in [3.8, 4) is 0 Å². The molecule has 0 saturated heterocycles. The van der Waals surface area contributed by atoms with Crippen LogP contribution < -0.4 is 0 Å². The van der Waals surface area contributed by atoms with Crippen LogP contribution in [0, 0.1) is 0 Å². The summed E-state index contributed by atoms with van der Waals surface area (Å²) in [4.78, 5) is 0.0560. The first-order valence-electron chi connectivity index (χ1n) is 4.77. The van der Waals surface area contributed by atoms with Gasteiger partial charge in [-0.05, 0) is 19.1 Å². The summed E-state index contributed by atoms with van der Waals surface area (Å²) < 4.78 is 28.9. The molecule has 1 N–H and O–H groups in total. The molecule has 0 aliphatic carbocycles. The highest BCUT2D eigenvalue weighted by Gasteiger charge is 2.27. The van der Waals surface area contributed by atoms with Crippen molar-refractivity contribution in [1.82, 2.24) is 4.47 Å². The zero-order valence-electron chi connectivity index (χ0n) is 9.20. The van der Waals surface area contributed by atoms with Crippen molar-refractivity contribution in [2.45, 2.75) is 17.9 Å². The van der Waals surface area contributed by atoms with E-state index in [1.807, 2.05) is 0 Å². The number of methoxy groups -OCH3 is 1. The van der Waals surface area contributed by atoms with Gasteiger partial charge in [-0.3, -0.25) is 5.21 Å². The third kappa shape index (κ3) is 2.79. The second-order valence-electron chi connectivity index (χ2n) is 3.40. The lowest BCUT2D eigenvalue weighted by atomic mass is 10.4. The van der Waals surface area contributed by atoms with Crippen molar-refractivity contribution in [2.75, 3.05) is 13.7 Å². The highest BCUT2D eigenvalue weighted by atomic mass is 32.2. The zero-order chi connectivity index (χ0) is 12.2. The van der Waals surface area contributed by atoms with E-state index in [2.05, 4.69) is 0 Å². The van der Waals surface area contributed by atoms with Crippen LogP contribution in [0.4, 0.5) is 0 Å². The molecule has 1 rings (SSSR count). The Morgan fingerprint density at radius 1 is 1.38 bits per heavy atom. The molecule has 0 spiro atoms. The second kappa shape index (κ2) is 5.40. The molecule has 0 fully saturated rings. The number of nitrogens with zero attached hydrogens (tertiary/aromatic N) is 1. The van der Waals surface area contributed by atoms with Crippen molar-refractivity contribution < 1.29 is 18.4 Å². The minimum absolute atomic E-state index is 0.0560. The quantitative estimate of drug-likeness (QED) is 0.789. The molecule has 1 aromatic rings. The Kier molecular flexibility index (Phi) is 4.43. The number of benzene rings is 1. The highest BCUT2D eigenvalue weighted by molar-refractivity contribution is 7.89. The van der Waals surface area contributed by atoms with Crippen LogP contribution in [0.5, 0.6) is 0 Å². The summed E-state index contributed by atoms with van der Waals surface area (Å²) in [6, 6.07) is 7.13. The molecule has 1 aromatic carbocycles. The molecule has 0 saturated carbocycles. The standard InChI is InChI=1S/C10H15NO4S/c1-9(8-15-2)11(12)16(13,14)10-6-4-3-5-7-10/h3-7,9,12H,8H2,1-2H3. The van der Waals surface area contributed by atoms with Crippen LogP contribution in [-0.4, -0.2) is 37.9 Å². The average Bonchev–Trinajstić information content (AvgIpc) is 2.29. The molecule has 6 heteroatoms. The summed E-state index contributed by atoms with van der Waals surface area (Å²) in [5.74, 6) is 0. The predicted octanol–water partition coefficient (Wildman–Crippen LogP) is 1.10. The molecule has 0 aliphatic rings. The van der Waals surface area contributed by atoms with Crippen molar-refractivity contribution in [3.05, 3.63) is 30.3 Å². The van der Waals surface area contributed by atoms with Gasteiger partial charge in [0, 0.05) is 7.11 Å². The maximum absolute atomic E-state index is 11.9.